The predicted octanol–water partition coefficient (Wildman–Crippen LogP) is 2.82. The van der Waals surface area contributed by atoms with Gasteiger partial charge in [0, 0.05) is 12.5 Å². The molecule has 0 aliphatic carbocycles. The van der Waals surface area contributed by atoms with Gasteiger partial charge in [0.1, 0.15) is 0 Å². The second-order valence-electron chi connectivity index (χ2n) is 4.66. The van der Waals surface area contributed by atoms with Gasteiger partial charge < -0.3 is 19.3 Å². The summed E-state index contributed by atoms with van der Waals surface area (Å²) in [6.45, 7) is 4.60. The maximum Gasteiger partial charge on any atom is 0.321 e. The van der Waals surface area contributed by atoms with Crippen molar-refractivity contribution >= 4 is 6.01 Å². The molecule has 20 heavy (non-hydrogen) atoms. The third kappa shape index (κ3) is 3.20. The van der Waals surface area contributed by atoms with Gasteiger partial charge in [-0.3, -0.25) is 0 Å². The monoisotopic (exact) mass is 277 g/mol. The number of rotatable bonds is 6. The van der Waals surface area contributed by atoms with E-state index in [4.69, 9.17) is 14.0 Å². The Balaban J connectivity index is 2.03. The molecule has 6 nitrogen and oxygen atoms in total. The molecule has 1 N–H and O–H groups in total. The second-order valence-corrected chi connectivity index (χ2v) is 4.66. The third-order valence-corrected chi connectivity index (χ3v) is 2.85. The molecule has 0 fully saturated rings. The fraction of sp³-hybridized carbons (Fsp3) is 0.429. The van der Waals surface area contributed by atoms with Crippen LogP contribution < -0.4 is 14.8 Å². The molecule has 0 atom stereocenters. The fourth-order valence-corrected chi connectivity index (χ4v) is 1.71. The first-order valence-electron chi connectivity index (χ1n) is 6.42. The number of anilines is 1. The fourth-order valence-electron chi connectivity index (χ4n) is 1.71. The summed E-state index contributed by atoms with van der Waals surface area (Å²) in [5, 5.41) is 6.98. The molecule has 0 bridgehead atoms. The molecule has 1 aromatic carbocycles. The highest BCUT2D eigenvalue weighted by molar-refractivity contribution is 5.43. The summed E-state index contributed by atoms with van der Waals surface area (Å²) in [4.78, 5) is 4.26. The predicted molar refractivity (Wildman–Crippen MR) is 75.3 cm³/mol. The van der Waals surface area contributed by atoms with Crippen molar-refractivity contribution in [2.24, 2.45) is 0 Å². The van der Waals surface area contributed by atoms with Crippen LogP contribution in [0, 0.1) is 0 Å². The smallest absolute Gasteiger partial charge is 0.321 e. The Morgan fingerprint density at radius 2 is 1.95 bits per heavy atom. The normalized spacial score (nSPS) is 10.7. The molecule has 0 spiro atoms. The van der Waals surface area contributed by atoms with Crippen LogP contribution in [0.15, 0.2) is 22.7 Å². The summed E-state index contributed by atoms with van der Waals surface area (Å²) < 4.78 is 15.6. The average Bonchev–Trinajstić information content (AvgIpc) is 2.94. The molecule has 0 amide bonds. The highest BCUT2D eigenvalue weighted by Gasteiger charge is 2.10. The second kappa shape index (κ2) is 6.27. The lowest BCUT2D eigenvalue weighted by molar-refractivity contribution is 0.354. The zero-order valence-corrected chi connectivity index (χ0v) is 12.1. The van der Waals surface area contributed by atoms with Gasteiger partial charge in [-0.05, 0) is 17.7 Å². The molecule has 6 heteroatoms. The molecule has 0 saturated carbocycles. The Morgan fingerprint density at radius 1 is 1.20 bits per heavy atom. The minimum Gasteiger partial charge on any atom is -0.493 e. The van der Waals surface area contributed by atoms with E-state index < -0.39 is 0 Å². The molecule has 0 aliphatic rings. The molecule has 0 unspecified atom stereocenters. The topological polar surface area (TPSA) is 69.4 Å². The van der Waals surface area contributed by atoms with Gasteiger partial charge in [-0.2, -0.15) is 4.98 Å². The van der Waals surface area contributed by atoms with E-state index in [0.29, 0.717) is 29.9 Å². The Morgan fingerprint density at radius 3 is 2.55 bits per heavy atom. The Bertz CT molecular complexity index is 567. The third-order valence-electron chi connectivity index (χ3n) is 2.85. The van der Waals surface area contributed by atoms with Gasteiger partial charge >= 0.3 is 6.01 Å². The van der Waals surface area contributed by atoms with E-state index in [1.807, 2.05) is 32.0 Å². The Kier molecular flexibility index (Phi) is 4.45. The molecule has 1 aromatic heterocycles. The summed E-state index contributed by atoms with van der Waals surface area (Å²) in [6, 6.07) is 6.14. The minimum atomic E-state index is 0.246. The first kappa shape index (κ1) is 14.2. The number of nitrogens with zero attached hydrogens (tertiary/aromatic N) is 2. The van der Waals surface area contributed by atoms with Crippen LogP contribution in [-0.4, -0.2) is 24.4 Å². The molecule has 0 radical (unpaired) electrons. The van der Waals surface area contributed by atoms with Crippen molar-refractivity contribution in [3.8, 4) is 11.5 Å². The van der Waals surface area contributed by atoms with Gasteiger partial charge in [0.05, 0.1) is 14.2 Å². The maximum atomic E-state index is 5.26. The number of methoxy groups -OCH3 is 2. The number of aromatic nitrogens is 2. The largest absolute Gasteiger partial charge is 0.493 e. The van der Waals surface area contributed by atoms with Crippen LogP contribution in [0.4, 0.5) is 6.01 Å². The van der Waals surface area contributed by atoms with E-state index >= 15 is 0 Å². The minimum absolute atomic E-state index is 0.246. The van der Waals surface area contributed by atoms with Crippen molar-refractivity contribution in [3.63, 3.8) is 0 Å². The lowest BCUT2D eigenvalue weighted by Crippen LogP contribution is -2.01. The van der Waals surface area contributed by atoms with Gasteiger partial charge in [0.15, 0.2) is 17.3 Å². The van der Waals surface area contributed by atoms with Gasteiger partial charge in [-0.25, -0.2) is 0 Å². The number of nitrogens with one attached hydrogen (secondary N) is 1. The zero-order valence-electron chi connectivity index (χ0n) is 12.1. The van der Waals surface area contributed by atoms with E-state index in [9.17, 15) is 0 Å². The van der Waals surface area contributed by atoms with Crippen molar-refractivity contribution in [1.29, 1.82) is 0 Å². The molecule has 2 aromatic rings. The van der Waals surface area contributed by atoms with E-state index in [0.717, 1.165) is 5.56 Å². The maximum absolute atomic E-state index is 5.26. The van der Waals surface area contributed by atoms with Gasteiger partial charge in [0.2, 0.25) is 0 Å². The first-order chi connectivity index (χ1) is 9.63. The average molecular weight is 277 g/mol. The molecule has 2 rings (SSSR count). The molecule has 0 aliphatic heterocycles. The molecule has 108 valence electrons. The van der Waals surface area contributed by atoms with Crippen molar-refractivity contribution in [3.05, 3.63) is 29.6 Å². The Labute approximate surface area is 118 Å². The molecule has 0 saturated heterocycles. The van der Waals surface area contributed by atoms with Crippen molar-refractivity contribution in [1.82, 2.24) is 10.1 Å². The number of benzene rings is 1. The van der Waals surface area contributed by atoms with Crippen LogP contribution in [0.5, 0.6) is 11.5 Å². The van der Waals surface area contributed by atoms with Crippen molar-refractivity contribution in [2.75, 3.05) is 19.5 Å². The highest BCUT2D eigenvalue weighted by Crippen LogP contribution is 2.27. The van der Waals surface area contributed by atoms with E-state index in [2.05, 4.69) is 15.5 Å². The number of hydrogen-bond donors (Lipinski definition) is 1. The van der Waals surface area contributed by atoms with Crippen LogP contribution in [0.25, 0.3) is 0 Å². The summed E-state index contributed by atoms with van der Waals surface area (Å²) >= 11 is 0. The molecule has 1 heterocycles. The lowest BCUT2D eigenvalue weighted by atomic mass is 10.2. The van der Waals surface area contributed by atoms with Gasteiger partial charge in [-0.1, -0.05) is 25.1 Å². The summed E-state index contributed by atoms with van der Waals surface area (Å²) in [7, 11) is 3.23. The van der Waals surface area contributed by atoms with E-state index in [1.165, 1.54) is 0 Å². The van der Waals surface area contributed by atoms with Crippen molar-refractivity contribution in [2.45, 2.75) is 26.3 Å². The number of hydrogen-bond acceptors (Lipinski definition) is 6. The van der Waals surface area contributed by atoms with Crippen molar-refractivity contribution < 1.29 is 14.0 Å². The SMILES string of the molecule is COc1ccc(CNc2nc(C(C)C)no2)cc1OC. The first-order valence-corrected chi connectivity index (χ1v) is 6.42. The van der Waals surface area contributed by atoms with Gasteiger partial charge in [-0.15, -0.1) is 0 Å². The van der Waals surface area contributed by atoms with Crippen LogP contribution in [0.2, 0.25) is 0 Å². The summed E-state index contributed by atoms with van der Waals surface area (Å²) in [5.74, 6) is 2.34. The van der Waals surface area contributed by atoms with Gasteiger partial charge in [0.25, 0.3) is 0 Å². The number of ether oxygens (including phenoxy) is 2. The van der Waals surface area contributed by atoms with Crippen LogP contribution in [-0.2, 0) is 6.54 Å². The molecular weight excluding hydrogens is 258 g/mol. The summed E-state index contributed by atoms with van der Waals surface area (Å²) in [6.07, 6.45) is 0. The Hall–Kier alpha value is -2.24. The molecular formula is C14H19N3O3. The zero-order chi connectivity index (χ0) is 14.5. The highest BCUT2D eigenvalue weighted by atomic mass is 16.5. The standard InChI is InChI=1S/C14H19N3O3/c1-9(2)13-16-14(20-17-13)15-8-10-5-6-11(18-3)12(7-10)19-4/h5-7,9H,8H2,1-4H3,(H,15,16,17). The van der Waals surface area contributed by atoms with Crippen LogP contribution in [0.3, 0.4) is 0 Å². The summed E-state index contributed by atoms with van der Waals surface area (Å²) in [5.41, 5.74) is 1.03. The quantitative estimate of drug-likeness (QED) is 0.875. The van der Waals surface area contributed by atoms with E-state index in [-0.39, 0.29) is 5.92 Å². The van der Waals surface area contributed by atoms with E-state index in [1.54, 1.807) is 14.2 Å². The van der Waals surface area contributed by atoms with Crippen LogP contribution >= 0.6 is 0 Å². The van der Waals surface area contributed by atoms with Crippen LogP contribution in [0.1, 0.15) is 31.2 Å². The lowest BCUT2D eigenvalue weighted by Gasteiger charge is -2.09.